The summed E-state index contributed by atoms with van der Waals surface area (Å²) in [5.74, 6) is -2.72. The molecule has 0 radical (unpaired) electrons. The number of nitrogen functional groups attached to an aromatic ring is 1. The summed E-state index contributed by atoms with van der Waals surface area (Å²) in [4.78, 5) is 0. The van der Waals surface area contributed by atoms with Gasteiger partial charge in [0.1, 0.15) is 0 Å². The monoisotopic (exact) mass is 343 g/mol. The maximum absolute atomic E-state index is 13.8. The molecule has 3 nitrogen and oxygen atoms in total. The molecule has 0 aromatic heterocycles. The second kappa shape index (κ2) is 5.54. The second-order valence-electron chi connectivity index (χ2n) is 3.95. The van der Waals surface area contributed by atoms with Crippen LogP contribution in [0.25, 0.3) is 0 Å². The van der Waals surface area contributed by atoms with Gasteiger partial charge in [0.2, 0.25) is 0 Å². The van der Waals surface area contributed by atoms with E-state index in [2.05, 4.69) is 21.2 Å². The van der Waals surface area contributed by atoms with Gasteiger partial charge in [0.05, 0.1) is 15.8 Å². The van der Waals surface area contributed by atoms with E-state index in [0.717, 1.165) is 18.3 Å². The number of nitrogens with one attached hydrogen (secondary N) is 2. The van der Waals surface area contributed by atoms with Crippen LogP contribution in [0.3, 0.4) is 0 Å². The third-order valence-electron chi connectivity index (χ3n) is 2.63. The fraction of sp³-hybridized carbons (Fsp3) is 0. The molecule has 0 saturated carbocycles. The Balaban J connectivity index is 2.45. The van der Waals surface area contributed by atoms with Crippen LogP contribution >= 0.6 is 15.9 Å². The van der Waals surface area contributed by atoms with Gasteiger partial charge in [-0.3, -0.25) is 0 Å². The van der Waals surface area contributed by atoms with E-state index in [1.807, 2.05) is 0 Å². The predicted octanol–water partition coefficient (Wildman–Crippen LogP) is 4.19. The minimum absolute atomic E-state index is 0.0466. The van der Waals surface area contributed by atoms with E-state index >= 15 is 0 Å². The van der Waals surface area contributed by atoms with Crippen LogP contribution in [-0.2, 0) is 0 Å². The first-order valence-corrected chi connectivity index (χ1v) is 6.23. The van der Waals surface area contributed by atoms with Crippen molar-refractivity contribution in [1.82, 2.24) is 0 Å². The normalized spacial score (nSPS) is 10.4. The Bertz CT molecular complexity index is 689. The zero-order chi connectivity index (χ0) is 14.9. The number of nitrogens with two attached hydrogens (primary N) is 1. The van der Waals surface area contributed by atoms with Gasteiger partial charge in [0.25, 0.3) is 0 Å². The lowest BCUT2D eigenvalue weighted by atomic mass is 10.1. The highest BCUT2D eigenvalue weighted by molar-refractivity contribution is 9.10. The Morgan fingerprint density at radius 2 is 1.85 bits per heavy atom. The Hall–Kier alpha value is -2.02. The minimum atomic E-state index is -1.02. The number of halogens is 4. The molecule has 4 N–H and O–H groups in total. The fourth-order valence-electron chi connectivity index (χ4n) is 1.60. The van der Waals surface area contributed by atoms with Crippen molar-refractivity contribution in [2.24, 2.45) is 0 Å². The molecular formula is C13H9BrF3N3. The molecule has 0 aliphatic carbocycles. The highest BCUT2D eigenvalue weighted by Gasteiger charge is 2.14. The van der Waals surface area contributed by atoms with E-state index in [0.29, 0.717) is 0 Å². The Kier molecular flexibility index (Phi) is 3.99. The van der Waals surface area contributed by atoms with Crippen molar-refractivity contribution in [3.63, 3.8) is 0 Å². The van der Waals surface area contributed by atoms with Crippen molar-refractivity contribution < 1.29 is 13.2 Å². The SMILES string of the molecule is N=Cc1cc(Nc2ccc(F)c(F)c2)c(Br)c(F)c1N. The lowest BCUT2D eigenvalue weighted by Crippen LogP contribution is -2.02. The molecule has 0 heterocycles. The van der Waals surface area contributed by atoms with Gasteiger partial charge in [-0.1, -0.05) is 0 Å². The summed E-state index contributed by atoms with van der Waals surface area (Å²) >= 11 is 3.02. The van der Waals surface area contributed by atoms with Gasteiger partial charge >= 0.3 is 0 Å². The number of rotatable bonds is 3. The molecule has 104 valence electrons. The molecule has 0 aliphatic heterocycles. The number of benzene rings is 2. The van der Waals surface area contributed by atoms with E-state index in [-0.39, 0.29) is 27.1 Å². The van der Waals surface area contributed by atoms with Gasteiger partial charge < -0.3 is 16.5 Å². The summed E-state index contributed by atoms with van der Waals surface area (Å²) in [6.45, 7) is 0. The molecule has 0 aliphatic rings. The molecule has 0 amide bonds. The summed E-state index contributed by atoms with van der Waals surface area (Å²) in [6, 6.07) is 4.64. The van der Waals surface area contributed by atoms with Crippen LogP contribution in [0.2, 0.25) is 0 Å². The zero-order valence-corrected chi connectivity index (χ0v) is 11.6. The van der Waals surface area contributed by atoms with E-state index in [1.54, 1.807) is 0 Å². The van der Waals surface area contributed by atoms with Crippen LogP contribution in [0.15, 0.2) is 28.7 Å². The topological polar surface area (TPSA) is 61.9 Å². The molecule has 2 aromatic carbocycles. The lowest BCUT2D eigenvalue weighted by molar-refractivity contribution is 0.509. The van der Waals surface area contributed by atoms with Gasteiger partial charge in [-0.05, 0) is 34.1 Å². The minimum Gasteiger partial charge on any atom is -0.396 e. The molecule has 0 fully saturated rings. The summed E-state index contributed by atoms with van der Waals surface area (Å²) in [5.41, 5.74) is 6.01. The summed E-state index contributed by atoms with van der Waals surface area (Å²) in [6.07, 6.45) is 0.904. The number of hydrogen-bond acceptors (Lipinski definition) is 3. The van der Waals surface area contributed by atoms with E-state index in [4.69, 9.17) is 11.1 Å². The summed E-state index contributed by atoms with van der Waals surface area (Å²) in [7, 11) is 0. The second-order valence-corrected chi connectivity index (χ2v) is 4.75. The standard InChI is InChI=1S/C13H9BrF3N3/c14-11-10(3-6(5-18)13(19)12(11)17)20-7-1-2-8(15)9(16)4-7/h1-5,18,20H,19H2. The van der Waals surface area contributed by atoms with E-state index in [9.17, 15) is 13.2 Å². The maximum atomic E-state index is 13.8. The first kappa shape index (κ1) is 14.4. The highest BCUT2D eigenvalue weighted by atomic mass is 79.9. The molecule has 20 heavy (non-hydrogen) atoms. The average Bonchev–Trinajstić information content (AvgIpc) is 2.43. The molecular weight excluding hydrogens is 335 g/mol. The largest absolute Gasteiger partial charge is 0.396 e. The number of hydrogen-bond donors (Lipinski definition) is 3. The van der Waals surface area contributed by atoms with Gasteiger partial charge in [0, 0.05) is 23.5 Å². The van der Waals surface area contributed by atoms with Crippen LogP contribution in [0.4, 0.5) is 30.2 Å². The smallest absolute Gasteiger partial charge is 0.163 e. The van der Waals surface area contributed by atoms with Crippen molar-refractivity contribution in [2.75, 3.05) is 11.1 Å². The maximum Gasteiger partial charge on any atom is 0.163 e. The first-order valence-electron chi connectivity index (χ1n) is 5.44. The molecule has 0 bridgehead atoms. The van der Waals surface area contributed by atoms with Crippen LogP contribution < -0.4 is 11.1 Å². The molecule has 2 aromatic rings. The number of anilines is 3. The quantitative estimate of drug-likeness (QED) is 0.578. The van der Waals surface area contributed by atoms with Gasteiger partial charge in [-0.15, -0.1) is 0 Å². The Morgan fingerprint density at radius 1 is 1.15 bits per heavy atom. The third-order valence-corrected chi connectivity index (χ3v) is 3.41. The lowest BCUT2D eigenvalue weighted by Gasteiger charge is -2.12. The van der Waals surface area contributed by atoms with Gasteiger partial charge in [-0.25, -0.2) is 13.2 Å². The van der Waals surface area contributed by atoms with Crippen LogP contribution in [0, 0.1) is 22.9 Å². The molecule has 7 heteroatoms. The van der Waals surface area contributed by atoms with Crippen molar-refractivity contribution >= 4 is 39.2 Å². The molecule has 0 atom stereocenters. The van der Waals surface area contributed by atoms with Gasteiger partial charge in [0.15, 0.2) is 17.5 Å². The zero-order valence-electron chi connectivity index (χ0n) is 9.98. The van der Waals surface area contributed by atoms with Crippen LogP contribution in [0.1, 0.15) is 5.56 Å². The molecule has 0 spiro atoms. The average molecular weight is 344 g/mol. The Morgan fingerprint density at radius 3 is 2.45 bits per heavy atom. The highest BCUT2D eigenvalue weighted by Crippen LogP contribution is 2.33. The van der Waals surface area contributed by atoms with E-state index in [1.165, 1.54) is 12.1 Å². The van der Waals surface area contributed by atoms with Crippen molar-refractivity contribution in [3.8, 4) is 0 Å². The summed E-state index contributed by atoms with van der Waals surface area (Å²) in [5, 5.41) is 9.90. The third kappa shape index (κ3) is 2.62. The van der Waals surface area contributed by atoms with Crippen molar-refractivity contribution in [1.29, 1.82) is 5.41 Å². The van der Waals surface area contributed by atoms with Crippen LogP contribution in [0.5, 0.6) is 0 Å². The van der Waals surface area contributed by atoms with Crippen molar-refractivity contribution in [3.05, 3.63) is 51.8 Å². The van der Waals surface area contributed by atoms with E-state index < -0.39 is 17.5 Å². The van der Waals surface area contributed by atoms with Crippen molar-refractivity contribution in [2.45, 2.75) is 0 Å². The first-order chi connectivity index (χ1) is 9.43. The summed E-state index contributed by atoms with van der Waals surface area (Å²) < 4.78 is 39.8. The molecule has 0 saturated heterocycles. The molecule has 0 unspecified atom stereocenters. The van der Waals surface area contributed by atoms with Crippen LogP contribution in [-0.4, -0.2) is 6.21 Å². The fourth-order valence-corrected chi connectivity index (χ4v) is 2.03. The molecule has 2 rings (SSSR count). The predicted molar refractivity (Wildman–Crippen MR) is 76.0 cm³/mol. The Labute approximate surface area is 121 Å². The van der Waals surface area contributed by atoms with Gasteiger partial charge in [-0.2, -0.15) is 0 Å².